The molecule has 0 aliphatic heterocycles. The van der Waals surface area contributed by atoms with Crippen LogP contribution in [0.4, 0.5) is 4.79 Å². The Morgan fingerprint density at radius 1 is 1.50 bits per heavy atom. The summed E-state index contributed by atoms with van der Waals surface area (Å²) in [5.41, 5.74) is 0. The molecule has 0 spiro atoms. The number of carbonyl (C=O) groups is 1. The van der Waals surface area contributed by atoms with Crippen LogP contribution in [0, 0.1) is 0 Å². The van der Waals surface area contributed by atoms with Gasteiger partial charge in [0.15, 0.2) is 0 Å². The molecule has 4 nitrogen and oxygen atoms in total. The van der Waals surface area contributed by atoms with Crippen molar-refractivity contribution in [2.24, 2.45) is 0 Å². The van der Waals surface area contributed by atoms with Gasteiger partial charge in [0.05, 0.1) is 0 Å². The summed E-state index contributed by atoms with van der Waals surface area (Å²) >= 11 is 0. The molecule has 0 rings (SSSR count). The van der Waals surface area contributed by atoms with E-state index in [-0.39, 0.29) is 0 Å². The van der Waals surface area contributed by atoms with E-state index >= 15 is 0 Å². The Bertz CT molecular complexity index is 104. The zero-order valence-electron chi connectivity index (χ0n) is 6.35. The second kappa shape index (κ2) is 5.05. The summed E-state index contributed by atoms with van der Waals surface area (Å²) in [4.78, 5) is 9.91. The molecule has 0 aromatic carbocycles. The van der Waals surface area contributed by atoms with Gasteiger partial charge < -0.3 is 15.7 Å². The van der Waals surface area contributed by atoms with Crippen LogP contribution in [0.3, 0.4) is 0 Å². The molecule has 0 fully saturated rings. The SMILES string of the molecule is CC(C)NCCNC(=O)O. The second-order valence-corrected chi connectivity index (χ2v) is 2.34. The van der Waals surface area contributed by atoms with E-state index in [1.807, 2.05) is 13.8 Å². The normalized spacial score (nSPS) is 9.90. The van der Waals surface area contributed by atoms with Crippen molar-refractivity contribution in [2.45, 2.75) is 19.9 Å². The molecule has 0 saturated carbocycles. The van der Waals surface area contributed by atoms with Crippen LogP contribution in [-0.2, 0) is 0 Å². The Morgan fingerprint density at radius 2 is 2.10 bits per heavy atom. The zero-order valence-corrected chi connectivity index (χ0v) is 6.35. The van der Waals surface area contributed by atoms with E-state index in [1.165, 1.54) is 0 Å². The van der Waals surface area contributed by atoms with E-state index in [1.54, 1.807) is 0 Å². The minimum Gasteiger partial charge on any atom is -0.465 e. The summed E-state index contributed by atoms with van der Waals surface area (Å²) in [6.45, 7) is 5.18. The third kappa shape index (κ3) is 7.23. The molecule has 0 unspecified atom stereocenters. The first-order chi connectivity index (χ1) is 4.63. The fourth-order valence-electron chi connectivity index (χ4n) is 0.530. The van der Waals surface area contributed by atoms with E-state index in [0.717, 1.165) is 0 Å². The van der Waals surface area contributed by atoms with Crippen LogP contribution in [-0.4, -0.2) is 30.3 Å². The lowest BCUT2D eigenvalue weighted by Crippen LogP contribution is -2.33. The predicted molar refractivity (Wildman–Crippen MR) is 39.2 cm³/mol. The lowest BCUT2D eigenvalue weighted by Gasteiger charge is -2.06. The Labute approximate surface area is 60.6 Å². The Kier molecular flexibility index (Phi) is 4.66. The summed E-state index contributed by atoms with van der Waals surface area (Å²) in [6.07, 6.45) is -0.967. The molecule has 60 valence electrons. The molecule has 0 bridgehead atoms. The van der Waals surface area contributed by atoms with Crippen LogP contribution >= 0.6 is 0 Å². The first kappa shape index (κ1) is 9.23. The minimum absolute atomic E-state index is 0.413. The number of amides is 1. The topological polar surface area (TPSA) is 61.4 Å². The van der Waals surface area contributed by atoms with Crippen molar-refractivity contribution < 1.29 is 9.90 Å². The van der Waals surface area contributed by atoms with E-state index in [2.05, 4.69) is 10.6 Å². The van der Waals surface area contributed by atoms with Gasteiger partial charge in [-0.3, -0.25) is 0 Å². The van der Waals surface area contributed by atoms with Gasteiger partial charge in [-0.1, -0.05) is 13.8 Å². The molecule has 1 amide bonds. The summed E-state index contributed by atoms with van der Waals surface area (Å²) < 4.78 is 0. The average molecular weight is 146 g/mol. The molecule has 0 radical (unpaired) electrons. The summed E-state index contributed by atoms with van der Waals surface area (Å²) in [7, 11) is 0. The van der Waals surface area contributed by atoms with Gasteiger partial charge in [0.1, 0.15) is 0 Å². The summed E-state index contributed by atoms with van der Waals surface area (Å²) in [6, 6.07) is 0.413. The van der Waals surface area contributed by atoms with Gasteiger partial charge in [0.2, 0.25) is 0 Å². The van der Waals surface area contributed by atoms with Gasteiger partial charge in [-0.2, -0.15) is 0 Å². The van der Waals surface area contributed by atoms with Crippen molar-refractivity contribution in [1.82, 2.24) is 10.6 Å². The number of hydrogen-bond donors (Lipinski definition) is 3. The Hall–Kier alpha value is -0.770. The van der Waals surface area contributed by atoms with Crippen molar-refractivity contribution in [3.63, 3.8) is 0 Å². The standard InChI is InChI=1S/C6H14N2O2/c1-5(2)7-3-4-8-6(9)10/h5,7-8H,3-4H2,1-2H3,(H,9,10). The maximum absolute atomic E-state index is 9.91. The number of rotatable bonds is 4. The highest BCUT2D eigenvalue weighted by Crippen LogP contribution is 1.72. The fourth-order valence-corrected chi connectivity index (χ4v) is 0.530. The van der Waals surface area contributed by atoms with Gasteiger partial charge in [0, 0.05) is 19.1 Å². The molecule has 0 aromatic heterocycles. The number of carboxylic acid groups (broad SMARTS) is 1. The highest BCUT2D eigenvalue weighted by molar-refractivity contribution is 5.64. The van der Waals surface area contributed by atoms with Crippen LogP contribution < -0.4 is 10.6 Å². The molecular formula is C6H14N2O2. The van der Waals surface area contributed by atoms with Crippen molar-refractivity contribution in [1.29, 1.82) is 0 Å². The van der Waals surface area contributed by atoms with Crippen molar-refractivity contribution in [3.05, 3.63) is 0 Å². The quantitative estimate of drug-likeness (QED) is 0.498. The lowest BCUT2D eigenvalue weighted by atomic mass is 10.4. The van der Waals surface area contributed by atoms with Gasteiger partial charge in [-0.15, -0.1) is 0 Å². The molecule has 3 N–H and O–H groups in total. The van der Waals surface area contributed by atoms with Crippen LogP contribution in [0.25, 0.3) is 0 Å². The van der Waals surface area contributed by atoms with E-state index in [9.17, 15) is 4.79 Å². The highest BCUT2D eigenvalue weighted by Gasteiger charge is 1.93. The van der Waals surface area contributed by atoms with Crippen LogP contribution in [0.5, 0.6) is 0 Å². The molecule has 0 aliphatic rings. The van der Waals surface area contributed by atoms with E-state index in [4.69, 9.17) is 5.11 Å². The van der Waals surface area contributed by atoms with Gasteiger partial charge >= 0.3 is 6.09 Å². The molecule has 10 heavy (non-hydrogen) atoms. The van der Waals surface area contributed by atoms with Crippen molar-refractivity contribution >= 4 is 6.09 Å². The highest BCUT2D eigenvalue weighted by atomic mass is 16.4. The smallest absolute Gasteiger partial charge is 0.404 e. The zero-order chi connectivity index (χ0) is 7.98. The average Bonchev–Trinajstić information content (AvgIpc) is 1.79. The Balaban J connectivity index is 2.98. The molecular weight excluding hydrogens is 132 g/mol. The van der Waals surface area contributed by atoms with Gasteiger partial charge in [-0.25, -0.2) is 4.79 Å². The van der Waals surface area contributed by atoms with Gasteiger partial charge in [0.25, 0.3) is 0 Å². The largest absolute Gasteiger partial charge is 0.465 e. The molecule has 0 saturated heterocycles. The van der Waals surface area contributed by atoms with Crippen LogP contribution in [0.2, 0.25) is 0 Å². The van der Waals surface area contributed by atoms with Crippen LogP contribution in [0.1, 0.15) is 13.8 Å². The van der Waals surface area contributed by atoms with Crippen molar-refractivity contribution in [3.8, 4) is 0 Å². The summed E-state index contributed by atoms with van der Waals surface area (Å²) in [5.74, 6) is 0. The molecule has 0 aliphatic carbocycles. The number of nitrogens with one attached hydrogen (secondary N) is 2. The van der Waals surface area contributed by atoms with Crippen molar-refractivity contribution in [2.75, 3.05) is 13.1 Å². The van der Waals surface area contributed by atoms with E-state index < -0.39 is 6.09 Å². The maximum atomic E-state index is 9.91. The number of hydrogen-bond acceptors (Lipinski definition) is 2. The summed E-state index contributed by atoms with van der Waals surface area (Å²) in [5, 5.41) is 13.5. The third-order valence-corrected chi connectivity index (χ3v) is 0.954. The van der Waals surface area contributed by atoms with Crippen LogP contribution in [0.15, 0.2) is 0 Å². The molecule has 0 aromatic rings. The third-order valence-electron chi connectivity index (χ3n) is 0.954. The predicted octanol–water partition coefficient (Wildman–Crippen LogP) is 0.252. The molecule has 4 heteroatoms. The monoisotopic (exact) mass is 146 g/mol. The fraction of sp³-hybridized carbons (Fsp3) is 0.833. The van der Waals surface area contributed by atoms with Gasteiger partial charge in [-0.05, 0) is 0 Å². The van der Waals surface area contributed by atoms with E-state index in [0.29, 0.717) is 19.1 Å². The first-order valence-electron chi connectivity index (χ1n) is 3.33. The molecule has 0 atom stereocenters. The Morgan fingerprint density at radius 3 is 2.50 bits per heavy atom. The second-order valence-electron chi connectivity index (χ2n) is 2.34. The lowest BCUT2D eigenvalue weighted by molar-refractivity contribution is 0.194. The first-order valence-corrected chi connectivity index (χ1v) is 3.33. The minimum atomic E-state index is -0.967. The molecule has 0 heterocycles. The maximum Gasteiger partial charge on any atom is 0.404 e.